The number of fused-ring (bicyclic) bond motifs is 2. The van der Waals surface area contributed by atoms with Gasteiger partial charge in [0.05, 0.1) is 12.2 Å². The minimum atomic E-state index is -0.223. The normalized spacial score (nSPS) is 17.0. The van der Waals surface area contributed by atoms with Crippen LogP contribution in [0.25, 0.3) is 10.9 Å². The van der Waals surface area contributed by atoms with Gasteiger partial charge >= 0.3 is 0 Å². The Morgan fingerprint density at radius 2 is 1.92 bits per heavy atom. The number of rotatable bonds is 4. The highest BCUT2D eigenvalue weighted by atomic mass is 16.5. The molecule has 0 spiro atoms. The molecule has 1 atom stereocenters. The molecule has 1 amide bonds. The van der Waals surface area contributed by atoms with Crippen LogP contribution < -0.4 is 5.32 Å². The zero-order chi connectivity index (χ0) is 16.5. The molecular weight excluding hydrogens is 302 g/mol. The van der Waals surface area contributed by atoms with Crippen LogP contribution in [-0.2, 0) is 4.74 Å². The molecule has 24 heavy (non-hydrogen) atoms. The van der Waals surface area contributed by atoms with Gasteiger partial charge in [0.25, 0.3) is 5.91 Å². The number of carbonyl (C=O) groups excluding carboxylic acids is 1. The van der Waals surface area contributed by atoms with Gasteiger partial charge in [-0.2, -0.15) is 0 Å². The maximum absolute atomic E-state index is 13.0. The molecule has 3 aromatic rings. The summed E-state index contributed by atoms with van der Waals surface area (Å²) in [5, 5.41) is 4.63. The van der Waals surface area contributed by atoms with Crippen LogP contribution in [0.4, 0.5) is 5.69 Å². The van der Waals surface area contributed by atoms with E-state index in [-0.39, 0.29) is 12.1 Å². The Morgan fingerprint density at radius 3 is 2.79 bits per heavy atom. The highest BCUT2D eigenvalue weighted by molar-refractivity contribution is 6.02. The maximum atomic E-state index is 13.0. The SMILES string of the molecule is COCCN1C(=O)c2ccccc2NC1c1c[nH]c2ccccc12. The quantitative estimate of drug-likeness (QED) is 0.774. The standard InChI is InChI=1S/C19H19N3O2/c1-24-11-10-22-18(15-12-20-16-8-4-2-6-13(15)16)21-17-9-5-3-7-14(17)19(22)23/h2-9,12,18,20-21H,10-11H2,1H3. The van der Waals surface area contributed by atoms with E-state index >= 15 is 0 Å². The lowest BCUT2D eigenvalue weighted by atomic mass is 10.0. The number of hydrogen-bond donors (Lipinski definition) is 2. The molecule has 1 aromatic heterocycles. The van der Waals surface area contributed by atoms with E-state index in [0.29, 0.717) is 18.7 Å². The first-order valence-electron chi connectivity index (χ1n) is 8.01. The number of para-hydroxylation sites is 2. The van der Waals surface area contributed by atoms with Crippen LogP contribution in [0.15, 0.2) is 54.7 Å². The summed E-state index contributed by atoms with van der Waals surface area (Å²) in [5.74, 6) is 0.0247. The van der Waals surface area contributed by atoms with Crippen molar-refractivity contribution in [2.75, 3.05) is 25.6 Å². The summed E-state index contributed by atoms with van der Waals surface area (Å²) in [6.07, 6.45) is 1.75. The summed E-state index contributed by atoms with van der Waals surface area (Å²) in [5.41, 5.74) is 3.69. The van der Waals surface area contributed by atoms with Gasteiger partial charge in [0.15, 0.2) is 0 Å². The fourth-order valence-corrected chi connectivity index (χ4v) is 3.28. The van der Waals surface area contributed by atoms with Gasteiger partial charge in [0.2, 0.25) is 0 Å². The Hall–Kier alpha value is -2.79. The second kappa shape index (κ2) is 6.02. The van der Waals surface area contributed by atoms with Crippen LogP contribution in [0.3, 0.4) is 0 Å². The minimum Gasteiger partial charge on any atom is -0.383 e. The molecule has 1 aliphatic rings. The highest BCUT2D eigenvalue weighted by Crippen LogP contribution is 2.35. The number of amides is 1. The van der Waals surface area contributed by atoms with Gasteiger partial charge in [-0.15, -0.1) is 0 Å². The first-order valence-corrected chi connectivity index (χ1v) is 8.01. The van der Waals surface area contributed by atoms with Crippen molar-refractivity contribution in [1.29, 1.82) is 0 Å². The average Bonchev–Trinajstić information content (AvgIpc) is 3.05. The summed E-state index contributed by atoms with van der Waals surface area (Å²) in [6.45, 7) is 1.02. The molecule has 122 valence electrons. The number of methoxy groups -OCH3 is 1. The predicted molar refractivity (Wildman–Crippen MR) is 94.0 cm³/mol. The first-order chi connectivity index (χ1) is 11.8. The van der Waals surface area contributed by atoms with E-state index in [0.717, 1.165) is 22.2 Å². The molecule has 5 heteroatoms. The van der Waals surface area contributed by atoms with Crippen LogP contribution in [0.5, 0.6) is 0 Å². The second-order valence-corrected chi connectivity index (χ2v) is 5.87. The van der Waals surface area contributed by atoms with Crippen molar-refractivity contribution in [3.05, 3.63) is 65.9 Å². The van der Waals surface area contributed by atoms with Crippen molar-refractivity contribution >= 4 is 22.5 Å². The van der Waals surface area contributed by atoms with Crippen LogP contribution in [0.1, 0.15) is 22.1 Å². The number of ether oxygens (including phenoxy) is 1. The number of nitrogens with one attached hydrogen (secondary N) is 2. The molecule has 0 bridgehead atoms. The van der Waals surface area contributed by atoms with Crippen molar-refractivity contribution in [3.8, 4) is 0 Å². The Labute approximate surface area is 140 Å². The predicted octanol–water partition coefficient (Wildman–Crippen LogP) is 3.38. The van der Waals surface area contributed by atoms with Crippen molar-refractivity contribution in [2.24, 2.45) is 0 Å². The van der Waals surface area contributed by atoms with Crippen LogP contribution in [0, 0.1) is 0 Å². The van der Waals surface area contributed by atoms with Crippen molar-refractivity contribution < 1.29 is 9.53 Å². The molecule has 0 saturated carbocycles. The third-order valence-electron chi connectivity index (χ3n) is 4.47. The average molecular weight is 321 g/mol. The van der Waals surface area contributed by atoms with E-state index in [1.807, 2.05) is 53.6 Å². The largest absolute Gasteiger partial charge is 0.383 e. The molecule has 5 nitrogen and oxygen atoms in total. The maximum Gasteiger partial charge on any atom is 0.257 e. The summed E-state index contributed by atoms with van der Waals surface area (Å²) in [4.78, 5) is 18.1. The Bertz CT molecular complexity index is 887. The molecular formula is C19H19N3O2. The summed E-state index contributed by atoms with van der Waals surface area (Å²) >= 11 is 0. The lowest BCUT2D eigenvalue weighted by Gasteiger charge is -2.37. The van der Waals surface area contributed by atoms with Crippen molar-refractivity contribution in [2.45, 2.75) is 6.17 Å². The molecule has 4 rings (SSSR count). The van der Waals surface area contributed by atoms with Gasteiger partial charge in [-0.05, 0) is 18.2 Å². The van der Waals surface area contributed by atoms with Gasteiger partial charge in [-0.25, -0.2) is 0 Å². The monoisotopic (exact) mass is 321 g/mol. The van der Waals surface area contributed by atoms with E-state index in [1.54, 1.807) is 7.11 Å². The molecule has 0 fully saturated rings. The highest BCUT2D eigenvalue weighted by Gasteiger charge is 2.33. The Morgan fingerprint density at radius 1 is 1.12 bits per heavy atom. The molecule has 2 N–H and O–H groups in total. The van der Waals surface area contributed by atoms with Gasteiger partial charge in [-0.3, -0.25) is 4.79 Å². The topological polar surface area (TPSA) is 57.4 Å². The van der Waals surface area contributed by atoms with Crippen LogP contribution in [0.2, 0.25) is 0 Å². The van der Waals surface area contributed by atoms with E-state index in [9.17, 15) is 4.79 Å². The van der Waals surface area contributed by atoms with Gasteiger partial charge in [0.1, 0.15) is 6.17 Å². The van der Waals surface area contributed by atoms with Crippen molar-refractivity contribution in [1.82, 2.24) is 9.88 Å². The number of H-pyrrole nitrogens is 1. The number of benzene rings is 2. The van der Waals surface area contributed by atoms with E-state index in [4.69, 9.17) is 4.74 Å². The smallest absolute Gasteiger partial charge is 0.257 e. The van der Waals surface area contributed by atoms with Gasteiger partial charge in [-0.1, -0.05) is 30.3 Å². The molecule has 1 aliphatic heterocycles. The zero-order valence-electron chi connectivity index (χ0n) is 13.5. The molecule has 0 aliphatic carbocycles. The lowest BCUT2D eigenvalue weighted by molar-refractivity contribution is 0.0611. The molecule has 0 radical (unpaired) electrons. The lowest BCUT2D eigenvalue weighted by Crippen LogP contribution is -2.44. The number of hydrogen-bond acceptors (Lipinski definition) is 3. The number of nitrogens with zero attached hydrogens (tertiary/aromatic N) is 1. The molecule has 2 aromatic carbocycles. The second-order valence-electron chi connectivity index (χ2n) is 5.87. The van der Waals surface area contributed by atoms with E-state index in [1.165, 1.54) is 0 Å². The summed E-state index contributed by atoms with van der Waals surface area (Å²) < 4.78 is 5.20. The molecule has 2 heterocycles. The van der Waals surface area contributed by atoms with Gasteiger partial charge < -0.3 is 19.9 Å². The number of aromatic amines is 1. The molecule has 0 saturated heterocycles. The summed E-state index contributed by atoms with van der Waals surface area (Å²) in [6, 6.07) is 15.8. The van der Waals surface area contributed by atoms with Crippen LogP contribution in [-0.4, -0.2) is 36.1 Å². The van der Waals surface area contributed by atoms with E-state index in [2.05, 4.69) is 16.4 Å². The minimum absolute atomic E-state index is 0.0247. The fraction of sp³-hybridized carbons (Fsp3) is 0.211. The Kier molecular flexibility index (Phi) is 3.70. The van der Waals surface area contributed by atoms with Gasteiger partial charge in [0, 0.05) is 42.0 Å². The number of carbonyl (C=O) groups is 1. The fourth-order valence-electron chi connectivity index (χ4n) is 3.28. The number of anilines is 1. The van der Waals surface area contributed by atoms with Crippen molar-refractivity contribution in [3.63, 3.8) is 0 Å². The first kappa shape index (κ1) is 14.8. The van der Waals surface area contributed by atoms with E-state index < -0.39 is 0 Å². The Balaban J connectivity index is 1.81. The van der Waals surface area contributed by atoms with Crippen LogP contribution >= 0.6 is 0 Å². The number of aromatic nitrogens is 1. The third-order valence-corrected chi connectivity index (χ3v) is 4.47. The summed E-state index contributed by atoms with van der Waals surface area (Å²) in [7, 11) is 1.65. The molecule has 1 unspecified atom stereocenters. The third kappa shape index (κ3) is 2.34. The zero-order valence-corrected chi connectivity index (χ0v) is 13.5.